The molecule has 124 valence electrons. The average molecular weight is 316 g/mol. The van der Waals surface area contributed by atoms with Crippen molar-refractivity contribution in [3.8, 4) is 0 Å². The number of imide groups is 1. The van der Waals surface area contributed by atoms with E-state index >= 15 is 0 Å². The van der Waals surface area contributed by atoms with Crippen molar-refractivity contribution < 1.29 is 14.4 Å². The van der Waals surface area contributed by atoms with Crippen molar-refractivity contribution in [2.24, 2.45) is 29.6 Å². The largest absolute Gasteiger partial charge is 0.341 e. The normalized spacial score (nSPS) is 39.1. The minimum Gasteiger partial charge on any atom is -0.341 e. The van der Waals surface area contributed by atoms with Crippen LogP contribution in [0, 0.1) is 29.6 Å². The maximum absolute atomic E-state index is 12.6. The summed E-state index contributed by atoms with van der Waals surface area (Å²) in [6, 6.07) is 0. The molecule has 3 amide bonds. The summed E-state index contributed by atoms with van der Waals surface area (Å²) < 4.78 is 0. The molecule has 0 unspecified atom stereocenters. The summed E-state index contributed by atoms with van der Waals surface area (Å²) in [6.07, 6.45) is 8.25. The molecule has 0 aromatic rings. The third-order valence-electron chi connectivity index (χ3n) is 6.22. The van der Waals surface area contributed by atoms with Crippen LogP contribution in [0.3, 0.4) is 0 Å². The summed E-state index contributed by atoms with van der Waals surface area (Å²) in [6.45, 7) is 3.65. The van der Waals surface area contributed by atoms with Gasteiger partial charge >= 0.3 is 0 Å². The summed E-state index contributed by atoms with van der Waals surface area (Å²) in [5.74, 6) is 0.358. The molecule has 0 radical (unpaired) electrons. The highest BCUT2D eigenvalue weighted by molar-refractivity contribution is 6.08. The molecule has 4 rings (SSSR count). The molecule has 5 nitrogen and oxygen atoms in total. The highest BCUT2D eigenvalue weighted by atomic mass is 16.2. The molecule has 1 saturated carbocycles. The molecule has 0 spiro atoms. The Balaban J connectivity index is 1.44. The van der Waals surface area contributed by atoms with Crippen LogP contribution in [0.4, 0.5) is 0 Å². The number of nitrogens with zero attached hydrogens (tertiary/aromatic N) is 2. The topological polar surface area (TPSA) is 57.7 Å². The van der Waals surface area contributed by atoms with Crippen molar-refractivity contribution in [2.45, 2.75) is 32.6 Å². The second-order valence-corrected chi connectivity index (χ2v) is 7.68. The van der Waals surface area contributed by atoms with Crippen molar-refractivity contribution >= 4 is 17.7 Å². The van der Waals surface area contributed by atoms with Gasteiger partial charge in [-0.3, -0.25) is 19.3 Å². The first kappa shape index (κ1) is 14.9. The lowest BCUT2D eigenvalue weighted by Gasteiger charge is -2.24. The Morgan fingerprint density at radius 2 is 1.74 bits per heavy atom. The number of allylic oxidation sites excluding steroid dienone is 2. The Morgan fingerprint density at radius 3 is 2.39 bits per heavy atom. The molecule has 0 aromatic heterocycles. The van der Waals surface area contributed by atoms with Crippen molar-refractivity contribution in [3.63, 3.8) is 0 Å². The Kier molecular flexibility index (Phi) is 3.54. The van der Waals surface area contributed by atoms with E-state index in [1.807, 2.05) is 4.90 Å². The first-order valence-corrected chi connectivity index (χ1v) is 8.87. The fourth-order valence-electron chi connectivity index (χ4n) is 4.87. The number of rotatable bonds is 2. The van der Waals surface area contributed by atoms with Gasteiger partial charge in [-0.25, -0.2) is 0 Å². The molecule has 2 aliphatic heterocycles. The lowest BCUT2D eigenvalue weighted by Crippen LogP contribution is -2.44. The Hall–Kier alpha value is -1.65. The smallest absolute Gasteiger partial charge is 0.242 e. The molecule has 2 saturated heterocycles. The zero-order valence-corrected chi connectivity index (χ0v) is 13.6. The van der Waals surface area contributed by atoms with E-state index < -0.39 is 0 Å². The third kappa shape index (κ3) is 2.32. The van der Waals surface area contributed by atoms with Gasteiger partial charge in [0.25, 0.3) is 0 Å². The van der Waals surface area contributed by atoms with E-state index in [9.17, 15) is 14.4 Å². The molecule has 23 heavy (non-hydrogen) atoms. The van der Waals surface area contributed by atoms with E-state index in [1.54, 1.807) is 0 Å². The van der Waals surface area contributed by atoms with E-state index in [0.29, 0.717) is 5.92 Å². The molecular formula is C18H24N2O3. The van der Waals surface area contributed by atoms with Crippen LogP contribution >= 0.6 is 0 Å². The summed E-state index contributed by atoms with van der Waals surface area (Å²) >= 11 is 0. The highest BCUT2D eigenvalue weighted by Gasteiger charge is 2.59. The summed E-state index contributed by atoms with van der Waals surface area (Å²) in [7, 11) is 0. The number of likely N-dealkylation sites (tertiary alicyclic amines) is 2. The maximum Gasteiger partial charge on any atom is 0.242 e. The molecule has 4 aliphatic rings. The molecule has 2 bridgehead atoms. The van der Waals surface area contributed by atoms with Crippen LogP contribution < -0.4 is 0 Å². The molecule has 0 aromatic carbocycles. The Labute approximate surface area is 136 Å². The summed E-state index contributed by atoms with van der Waals surface area (Å²) in [5, 5.41) is 0. The van der Waals surface area contributed by atoms with Gasteiger partial charge in [-0.2, -0.15) is 0 Å². The van der Waals surface area contributed by atoms with Crippen LogP contribution in [0.15, 0.2) is 12.2 Å². The van der Waals surface area contributed by atoms with Crippen molar-refractivity contribution in [1.29, 1.82) is 0 Å². The van der Waals surface area contributed by atoms with Gasteiger partial charge in [-0.15, -0.1) is 0 Å². The third-order valence-corrected chi connectivity index (χ3v) is 6.22. The molecule has 5 atom stereocenters. The fourth-order valence-corrected chi connectivity index (χ4v) is 4.87. The SMILES string of the molecule is C[C@@H]1CCCN(C(=O)CN2C(=O)[C@@H]3[C@@H](C2=O)[C@H]2C=C[C@H]3C2)CC1. The second-order valence-electron chi connectivity index (χ2n) is 7.68. The standard InChI is InChI=1S/C18H24N2O3/c1-11-3-2-7-19(8-6-11)14(21)10-20-17(22)15-12-4-5-13(9-12)16(15)18(20)23/h4-5,11-13,15-16H,2-3,6-10H2,1H3/t11-,12+,13+,15+,16+/m1/s1. The van der Waals surface area contributed by atoms with Crippen LogP contribution in [-0.4, -0.2) is 47.2 Å². The summed E-state index contributed by atoms with van der Waals surface area (Å²) in [4.78, 5) is 40.9. The van der Waals surface area contributed by atoms with Crippen LogP contribution in [0.25, 0.3) is 0 Å². The monoisotopic (exact) mass is 316 g/mol. The number of fused-ring (bicyclic) bond motifs is 5. The Bertz CT molecular complexity index is 555. The Morgan fingerprint density at radius 1 is 1.09 bits per heavy atom. The predicted molar refractivity (Wildman–Crippen MR) is 84.0 cm³/mol. The molecule has 2 aliphatic carbocycles. The van der Waals surface area contributed by atoms with Gasteiger partial charge in [0, 0.05) is 13.1 Å². The predicted octanol–water partition coefficient (Wildman–Crippen LogP) is 1.44. The quantitative estimate of drug-likeness (QED) is 0.572. The lowest BCUT2D eigenvalue weighted by atomic mass is 9.85. The first-order valence-electron chi connectivity index (χ1n) is 8.87. The molecule has 0 N–H and O–H groups in total. The van der Waals surface area contributed by atoms with Crippen molar-refractivity contribution in [2.75, 3.05) is 19.6 Å². The van der Waals surface area contributed by atoms with E-state index in [0.717, 1.165) is 38.8 Å². The van der Waals surface area contributed by atoms with Gasteiger partial charge in [0.15, 0.2) is 0 Å². The molecular weight excluding hydrogens is 292 g/mol. The fraction of sp³-hybridized carbons (Fsp3) is 0.722. The van der Waals surface area contributed by atoms with Gasteiger partial charge < -0.3 is 4.90 Å². The van der Waals surface area contributed by atoms with Crippen LogP contribution in [0.2, 0.25) is 0 Å². The number of hydrogen-bond acceptors (Lipinski definition) is 3. The van der Waals surface area contributed by atoms with E-state index in [2.05, 4.69) is 19.1 Å². The van der Waals surface area contributed by atoms with Gasteiger partial charge in [-0.05, 0) is 43.4 Å². The van der Waals surface area contributed by atoms with Gasteiger partial charge in [0.2, 0.25) is 17.7 Å². The van der Waals surface area contributed by atoms with E-state index in [-0.39, 0.29) is 47.9 Å². The molecule has 3 fully saturated rings. The summed E-state index contributed by atoms with van der Waals surface area (Å²) in [5.41, 5.74) is 0. The zero-order chi connectivity index (χ0) is 16.1. The van der Waals surface area contributed by atoms with Gasteiger partial charge in [0.05, 0.1) is 11.8 Å². The van der Waals surface area contributed by atoms with Crippen molar-refractivity contribution in [1.82, 2.24) is 9.80 Å². The highest BCUT2D eigenvalue weighted by Crippen LogP contribution is 2.52. The van der Waals surface area contributed by atoms with Gasteiger partial charge in [-0.1, -0.05) is 19.1 Å². The maximum atomic E-state index is 12.6. The van der Waals surface area contributed by atoms with Gasteiger partial charge in [0.1, 0.15) is 6.54 Å². The van der Waals surface area contributed by atoms with Crippen LogP contribution in [0.5, 0.6) is 0 Å². The lowest BCUT2D eigenvalue weighted by molar-refractivity contribution is -0.147. The zero-order valence-electron chi connectivity index (χ0n) is 13.6. The second kappa shape index (κ2) is 5.46. The van der Waals surface area contributed by atoms with E-state index in [4.69, 9.17) is 0 Å². The van der Waals surface area contributed by atoms with Crippen LogP contribution in [0.1, 0.15) is 32.6 Å². The molecule has 5 heteroatoms. The first-order chi connectivity index (χ1) is 11.1. The number of carbonyl (C=O) groups is 3. The minimum absolute atomic E-state index is 0.0571. The number of hydrogen-bond donors (Lipinski definition) is 0. The minimum atomic E-state index is -0.200. The van der Waals surface area contributed by atoms with E-state index in [1.165, 1.54) is 4.90 Å². The number of carbonyl (C=O) groups excluding carboxylic acids is 3. The van der Waals surface area contributed by atoms with Crippen molar-refractivity contribution in [3.05, 3.63) is 12.2 Å². The van der Waals surface area contributed by atoms with Crippen LogP contribution in [-0.2, 0) is 14.4 Å². The average Bonchev–Trinajstić information content (AvgIpc) is 3.15. The number of amides is 3. The molecule has 2 heterocycles.